The summed E-state index contributed by atoms with van der Waals surface area (Å²) in [5.41, 5.74) is 3.33. The van der Waals surface area contributed by atoms with Crippen molar-refractivity contribution in [2.75, 3.05) is 47.3 Å². The Morgan fingerprint density at radius 1 is 0.667 bits per heavy atom. The number of ether oxygens (including phenoxy) is 8. The summed E-state index contributed by atoms with van der Waals surface area (Å²) in [7, 11) is 2.65. The van der Waals surface area contributed by atoms with Crippen LogP contribution < -0.4 is 4.74 Å². The van der Waals surface area contributed by atoms with Crippen LogP contribution in [0, 0.1) is 23.7 Å². The second-order valence-corrected chi connectivity index (χ2v) is 16.4. The van der Waals surface area contributed by atoms with Crippen LogP contribution in [0.1, 0.15) is 117 Å². The molecule has 0 bridgehead atoms. The van der Waals surface area contributed by atoms with Crippen LogP contribution in [-0.2, 0) is 53.0 Å². The second-order valence-electron chi connectivity index (χ2n) is 16.4. The summed E-state index contributed by atoms with van der Waals surface area (Å²) < 4.78 is 46.7. The summed E-state index contributed by atoms with van der Waals surface area (Å²) in [6.07, 6.45) is 9.90. The lowest BCUT2D eigenvalue weighted by Crippen LogP contribution is -2.28. The Morgan fingerprint density at radius 2 is 1.15 bits per heavy atom. The van der Waals surface area contributed by atoms with E-state index in [0.717, 1.165) is 68.1 Å². The van der Waals surface area contributed by atoms with E-state index in [2.05, 4.69) is 58.6 Å². The molecule has 2 fully saturated rings. The molecule has 0 aliphatic carbocycles. The number of hydrogen-bond acceptors (Lipinski definition) is 11. The van der Waals surface area contributed by atoms with Gasteiger partial charge in [-0.2, -0.15) is 0 Å². The van der Waals surface area contributed by atoms with Crippen molar-refractivity contribution in [2.45, 2.75) is 156 Å². The van der Waals surface area contributed by atoms with Crippen LogP contribution in [0.5, 0.6) is 5.75 Å². The molecule has 2 aliphatic rings. The molecule has 2 saturated heterocycles. The molecule has 3 aromatic rings. The molecule has 2 aliphatic heterocycles. The summed E-state index contributed by atoms with van der Waals surface area (Å²) in [5, 5.41) is 28.4. The average Bonchev–Trinajstić information content (AvgIpc) is 3.99. The molecule has 3 N–H and O–H groups in total. The van der Waals surface area contributed by atoms with Crippen LogP contribution in [0.25, 0.3) is 0 Å². The predicted molar refractivity (Wildman–Crippen MR) is 263 cm³/mol. The molecule has 2 heterocycles. The summed E-state index contributed by atoms with van der Waals surface area (Å²) >= 11 is 0. The second kappa shape index (κ2) is 33.8. The minimum Gasteiger partial charge on any atom is -0.497 e. The largest absolute Gasteiger partial charge is 0.497 e. The molecule has 370 valence electrons. The SMILES string of the molecule is C.CCC1(CC)OC[C@H](C/C=C\[C@@H](COCc2ccc(OC)cc2)[C@@H](O)CCOCc2ccccc2)O1.CC[C@H](C#CC[C@H]1COC(CC)(CC)O1)[C@@H](O)CCOCc1ccccc1.CO. The Kier molecular flexibility index (Phi) is 29.9. The molecule has 6 atom stereocenters. The Bertz CT molecular complexity index is 1720. The lowest BCUT2D eigenvalue weighted by atomic mass is 9.97. The Labute approximate surface area is 398 Å². The number of benzene rings is 3. The molecule has 5 rings (SSSR count). The van der Waals surface area contributed by atoms with E-state index < -0.39 is 23.8 Å². The van der Waals surface area contributed by atoms with Crippen molar-refractivity contribution in [3.8, 4) is 17.6 Å². The summed E-state index contributed by atoms with van der Waals surface area (Å²) in [5.74, 6) is 6.20. The quantitative estimate of drug-likeness (QED) is 0.0404. The molecular weight excluding hydrogens is 837 g/mol. The van der Waals surface area contributed by atoms with Gasteiger partial charge in [0.15, 0.2) is 11.6 Å². The van der Waals surface area contributed by atoms with E-state index in [1.165, 1.54) is 0 Å². The molecule has 66 heavy (non-hydrogen) atoms. The summed E-state index contributed by atoms with van der Waals surface area (Å²) in [4.78, 5) is 0. The highest BCUT2D eigenvalue weighted by Gasteiger charge is 2.39. The Morgan fingerprint density at radius 3 is 1.65 bits per heavy atom. The maximum atomic E-state index is 10.9. The van der Waals surface area contributed by atoms with Gasteiger partial charge in [0.1, 0.15) is 5.75 Å². The molecule has 0 radical (unpaired) electrons. The smallest absolute Gasteiger partial charge is 0.168 e. The fourth-order valence-corrected chi connectivity index (χ4v) is 7.55. The van der Waals surface area contributed by atoms with E-state index in [4.69, 9.17) is 43.0 Å². The zero-order valence-corrected chi connectivity index (χ0v) is 40.3. The fraction of sp³-hybridized carbons (Fsp3) is 0.600. The Hall–Kier alpha value is -3.64. The lowest BCUT2D eigenvalue weighted by Gasteiger charge is -2.24. The standard InChI is InChI=1S/C30H42O6.C23H34O4.CH4O.CH4/c1-4-30(5-2)35-23-28(36-30)13-9-12-26(22-34-21-25-14-16-27(32-3)17-15-25)29(31)18-19-33-20-24-10-7-6-8-11-24;1-4-20(13-10-14-21-18-26-23(5-2,6-3)27-21)22(24)15-16-25-17-19-11-8-7-9-12-19;1-2;/h6-12,14-17,26,28-29,31H,4-5,13,18-23H2,1-3H3;7-9,11-12,20-22,24H,4-6,14-18H2,1-3H3;2H,1H3;1H4/b12-9-;;;/t26-,28-,29-;20-,21+,22+;;/m01../s1. The van der Waals surface area contributed by atoms with Gasteiger partial charge in [-0.05, 0) is 80.2 Å². The van der Waals surface area contributed by atoms with Crippen LogP contribution in [0.15, 0.2) is 97.1 Å². The number of rotatable bonds is 26. The number of aliphatic hydroxyl groups excluding tert-OH is 3. The first-order valence-electron chi connectivity index (χ1n) is 23.7. The maximum absolute atomic E-state index is 10.9. The van der Waals surface area contributed by atoms with E-state index in [-0.39, 0.29) is 31.5 Å². The monoisotopic (exact) mass is 921 g/mol. The van der Waals surface area contributed by atoms with Gasteiger partial charge in [-0.25, -0.2) is 0 Å². The van der Waals surface area contributed by atoms with E-state index in [1.807, 2.05) is 84.9 Å². The van der Waals surface area contributed by atoms with Crippen molar-refractivity contribution in [2.24, 2.45) is 11.8 Å². The first kappa shape index (κ1) is 58.5. The van der Waals surface area contributed by atoms with Crippen LogP contribution in [0.4, 0.5) is 0 Å². The lowest BCUT2D eigenvalue weighted by molar-refractivity contribution is -0.171. The van der Waals surface area contributed by atoms with Gasteiger partial charge in [0, 0.05) is 38.6 Å². The zero-order valence-electron chi connectivity index (χ0n) is 40.3. The minimum absolute atomic E-state index is 0. The van der Waals surface area contributed by atoms with E-state index in [1.54, 1.807) is 7.11 Å². The molecule has 0 spiro atoms. The first-order chi connectivity index (χ1) is 31.7. The number of hydrogen-bond donors (Lipinski definition) is 3. The molecule has 0 aromatic heterocycles. The molecule has 11 nitrogen and oxygen atoms in total. The fourth-order valence-electron chi connectivity index (χ4n) is 7.55. The third-order valence-corrected chi connectivity index (χ3v) is 11.9. The highest BCUT2D eigenvalue weighted by molar-refractivity contribution is 5.26. The number of methoxy groups -OCH3 is 1. The van der Waals surface area contributed by atoms with Crippen molar-refractivity contribution in [3.63, 3.8) is 0 Å². The highest BCUT2D eigenvalue weighted by Crippen LogP contribution is 2.32. The first-order valence-corrected chi connectivity index (χ1v) is 23.7. The normalized spacial score (nSPS) is 18.9. The van der Waals surface area contributed by atoms with Crippen LogP contribution in [0.3, 0.4) is 0 Å². The molecular formula is C55H84O11. The van der Waals surface area contributed by atoms with Crippen molar-refractivity contribution in [1.82, 2.24) is 0 Å². The van der Waals surface area contributed by atoms with Gasteiger partial charge in [-0.15, -0.1) is 5.92 Å². The molecule has 0 unspecified atom stereocenters. The van der Waals surface area contributed by atoms with Crippen molar-refractivity contribution in [1.29, 1.82) is 0 Å². The van der Waals surface area contributed by atoms with Gasteiger partial charge in [0.25, 0.3) is 0 Å². The Balaban J connectivity index is 0.000000447. The predicted octanol–water partition coefficient (Wildman–Crippen LogP) is 10.2. The van der Waals surface area contributed by atoms with Crippen molar-refractivity contribution < 1.29 is 53.2 Å². The highest BCUT2D eigenvalue weighted by atomic mass is 16.7. The van der Waals surface area contributed by atoms with Gasteiger partial charge >= 0.3 is 0 Å². The zero-order chi connectivity index (χ0) is 47.2. The minimum atomic E-state index is -0.570. The van der Waals surface area contributed by atoms with Gasteiger partial charge in [-0.1, -0.05) is 133 Å². The average molecular weight is 921 g/mol. The van der Waals surface area contributed by atoms with E-state index >= 15 is 0 Å². The third-order valence-electron chi connectivity index (χ3n) is 11.9. The summed E-state index contributed by atoms with van der Waals surface area (Å²) in [6.45, 7) is 14.6. The summed E-state index contributed by atoms with van der Waals surface area (Å²) in [6, 6.07) is 28.0. The number of aliphatic hydroxyl groups is 3. The topological polar surface area (TPSA) is 135 Å². The van der Waals surface area contributed by atoms with E-state index in [9.17, 15) is 10.2 Å². The van der Waals surface area contributed by atoms with Gasteiger partial charge in [0.2, 0.25) is 0 Å². The van der Waals surface area contributed by atoms with Crippen LogP contribution >= 0.6 is 0 Å². The van der Waals surface area contributed by atoms with Crippen molar-refractivity contribution in [3.05, 3.63) is 114 Å². The van der Waals surface area contributed by atoms with Crippen LogP contribution in [0.2, 0.25) is 0 Å². The third kappa shape index (κ3) is 21.1. The van der Waals surface area contributed by atoms with Gasteiger partial charge < -0.3 is 53.2 Å². The van der Waals surface area contributed by atoms with Gasteiger partial charge in [-0.3, -0.25) is 0 Å². The van der Waals surface area contributed by atoms with Crippen molar-refractivity contribution >= 4 is 0 Å². The van der Waals surface area contributed by atoms with Crippen LogP contribution in [-0.4, -0.2) is 98.6 Å². The molecule has 3 aromatic carbocycles. The van der Waals surface area contributed by atoms with E-state index in [0.29, 0.717) is 72.1 Å². The molecule has 11 heteroatoms. The maximum Gasteiger partial charge on any atom is 0.168 e. The molecule has 0 saturated carbocycles. The van der Waals surface area contributed by atoms with Gasteiger partial charge in [0.05, 0.1) is 71.2 Å². The molecule has 0 amide bonds.